The quantitative estimate of drug-likeness (QED) is 0.488. The number of carbonyl (C=O) groups excluding carboxylic acids is 1. The standard InChI is InChI=1S/C26H25F4N5O2/c27-21-3-1-2-20(26(28,29)30)23(21)24(36)34-10-12-35(13-11-34)25-31-9-8-22(32-25)18-4-6-19(7-5-18)33-14-16-37-17-15-33/h1-9H,10-17H2. The molecule has 7 nitrogen and oxygen atoms in total. The fourth-order valence-corrected chi connectivity index (χ4v) is 4.57. The zero-order valence-corrected chi connectivity index (χ0v) is 19.9. The average molecular weight is 516 g/mol. The topological polar surface area (TPSA) is 61.8 Å². The maximum atomic E-state index is 14.3. The van der Waals surface area contributed by atoms with Crippen LogP contribution >= 0.6 is 0 Å². The summed E-state index contributed by atoms with van der Waals surface area (Å²) >= 11 is 0. The molecule has 11 heteroatoms. The van der Waals surface area contributed by atoms with Gasteiger partial charge in [-0.2, -0.15) is 13.2 Å². The minimum absolute atomic E-state index is 0.117. The van der Waals surface area contributed by atoms with Gasteiger partial charge in [0.1, 0.15) is 5.82 Å². The minimum atomic E-state index is -4.83. The maximum absolute atomic E-state index is 14.3. The number of rotatable bonds is 4. The zero-order valence-electron chi connectivity index (χ0n) is 19.9. The molecule has 37 heavy (non-hydrogen) atoms. The molecule has 1 amide bonds. The summed E-state index contributed by atoms with van der Waals surface area (Å²) in [6, 6.07) is 12.4. The van der Waals surface area contributed by atoms with E-state index in [1.165, 1.54) is 4.90 Å². The first-order valence-corrected chi connectivity index (χ1v) is 12.0. The molecule has 2 aromatic carbocycles. The summed E-state index contributed by atoms with van der Waals surface area (Å²) in [6.45, 7) is 3.96. The Kier molecular flexibility index (Phi) is 6.96. The Morgan fingerprint density at radius 2 is 1.57 bits per heavy atom. The van der Waals surface area contributed by atoms with Crippen molar-refractivity contribution in [2.75, 3.05) is 62.3 Å². The van der Waals surface area contributed by atoms with Crippen molar-refractivity contribution in [1.29, 1.82) is 0 Å². The number of hydrogen-bond donors (Lipinski definition) is 0. The summed E-state index contributed by atoms with van der Waals surface area (Å²) in [5.41, 5.74) is 0.565. The average Bonchev–Trinajstić information content (AvgIpc) is 2.93. The predicted octanol–water partition coefficient (Wildman–Crippen LogP) is 4.10. The van der Waals surface area contributed by atoms with Crippen LogP contribution in [0, 0.1) is 5.82 Å². The fraction of sp³-hybridized carbons (Fsp3) is 0.346. The Hall–Kier alpha value is -3.73. The molecule has 194 valence electrons. The van der Waals surface area contributed by atoms with Crippen LogP contribution in [0.4, 0.5) is 29.2 Å². The van der Waals surface area contributed by atoms with Gasteiger partial charge in [0.25, 0.3) is 5.91 Å². The molecule has 0 N–H and O–H groups in total. The smallest absolute Gasteiger partial charge is 0.378 e. The van der Waals surface area contributed by atoms with E-state index in [9.17, 15) is 22.4 Å². The third-order valence-corrected chi connectivity index (χ3v) is 6.56. The second kappa shape index (κ2) is 10.3. The number of carbonyl (C=O) groups is 1. The molecule has 2 saturated heterocycles. The minimum Gasteiger partial charge on any atom is -0.378 e. The molecule has 5 rings (SSSR count). The molecule has 0 spiro atoms. The molecule has 0 radical (unpaired) electrons. The third-order valence-electron chi connectivity index (χ3n) is 6.56. The Morgan fingerprint density at radius 1 is 0.865 bits per heavy atom. The molecule has 2 aliphatic heterocycles. The van der Waals surface area contributed by atoms with E-state index in [0.717, 1.165) is 48.2 Å². The van der Waals surface area contributed by atoms with Crippen LogP contribution in [0.2, 0.25) is 0 Å². The van der Waals surface area contributed by atoms with Crippen LogP contribution in [0.15, 0.2) is 54.7 Å². The van der Waals surface area contributed by atoms with Gasteiger partial charge in [0.05, 0.1) is 30.0 Å². The molecule has 0 aliphatic carbocycles. The van der Waals surface area contributed by atoms with Gasteiger partial charge in [-0.1, -0.05) is 18.2 Å². The highest BCUT2D eigenvalue weighted by molar-refractivity contribution is 5.96. The van der Waals surface area contributed by atoms with E-state index in [2.05, 4.69) is 14.9 Å². The van der Waals surface area contributed by atoms with Gasteiger partial charge in [0, 0.05) is 56.7 Å². The van der Waals surface area contributed by atoms with Gasteiger partial charge < -0.3 is 19.4 Å². The number of hydrogen-bond acceptors (Lipinski definition) is 6. The highest BCUT2D eigenvalue weighted by Gasteiger charge is 2.38. The van der Waals surface area contributed by atoms with Crippen molar-refractivity contribution in [2.45, 2.75) is 6.18 Å². The molecule has 3 heterocycles. The fourth-order valence-electron chi connectivity index (χ4n) is 4.57. The normalized spacial score (nSPS) is 16.7. The number of morpholine rings is 1. The summed E-state index contributed by atoms with van der Waals surface area (Å²) in [4.78, 5) is 27.2. The van der Waals surface area contributed by atoms with E-state index < -0.39 is 29.0 Å². The zero-order chi connectivity index (χ0) is 26.0. The van der Waals surface area contributed by atoms with Crippen molar-refractivity contribution < 1.29 is 27.1 Å². The highest BCUT2D eigenvalue weighted by atomic mass is 19.4. The number of benzene rings is 2. The van der Waals surface area contributed by atoms with E-state index in [-0.39, 0.29) is 13.1 Å². The maximum Gasteiger partial charge on any atom is 0.417 e. The Morgan fingerprint density at radius 3 is 2.24 bits per heavy atom. The number of aromatic nitrogens is 2. The second-order valence-corrected chi connectivity index (χ2v) is 8.83. The van der Waals surface area contributed by atoms with Crippen LogP contribution in [0.3, 0.4) is 0 Å². The summed E-state index contributed by atoms with van der Waals surface area (Å²) < 4.78 is 59.8. The van der Waals surface area contributed by atoms with Gasteiger partial charge in [-0.05, 0) is 30.3 Å². The molecule has 0 bridgehead atoms. The van der Waals surface area contributed by atoms with E-state index in [0.29, 0.717) is 32.3 Å². The molecular formula is C26H25F4N5O2. The summed E-state index contributed by atoms with van der Waals surface area (Å²) in [6.07, 6.45) is -3.18. The van der Waals surface area contributed by atoms with Crippen molar-refractivity contribution in [3.63, 3.8) is 0 Å². The lowest BCUT2D eigenvalue weighted by Crippen LogP contribution is -2.49. The lowest BCUT2D eigenvalue weighted by molar-refractivity contribution is -0.138. The number of halogens is 4. The molecule has 0 atom stereocenters. The van der Waals surface area contributed by atoms with Gasteiger partial charge in [-0.3, -0.25) is 4.79 Å². The molecule has 2 fully saturated rings. The molecular weight excluding hydrogens is 490 g/mol. The van der Waals surface area contributed by atoms with Crippen LogP contribution < -0.4 is 9.80 Å². The largest absolute Gasteiger partial charge is 0.417 e. The van der Waals surface area contributed by atoms with Crippen LogP contribution in [0.1, 0.15) is 15.9 Å². The van der Waals surface area contributed by atoms with Gasteiger partial charge in [0.2, 0.25) is 5.95 Å². The molecule has 1 aromatic heterocycles. The number of piperazine rings is 1. The summed E-state index contributed by atoms with van der Waals surface area (Å²) in [5, 5.41) is 0. The summed E-state index contributed by atoms with van der Waals surface area (Å²) in [5.74, 6) is -1.69. The summed E-state index contributed by atoms with van der Waals surface area (Å²) in [7, 11) is 0. The molecule has 3 aromatic rings. The van der Waals surface area contributed by atoms with Crippen molar-refractivity contribution in [3.8, 4) is 11.3 Å². The van der Waals surface area contributed by atoms with Gasteiger partial charge in [0.15, 0.2) is 0 Å². The number of alkyl halides is 3. The van der Waals surface area contributed by atoms with E-state index in [1.807, 2.05) is 35.2 Å². The van der Waals surface area contributed by atoms with Gasteiger partial charge >= 0.3 is 6.18 Å². The Balaban J connectivity index is 1.26. The number of ether oxygens (including phenoxy) is 1. The van der Waals surface area contributed by atoms with Crippen LogP contribution in [-0.2, 0) is 10.9 Å². The Labute approximate surface area is 211 Å². The SMILES string of the molecule is O=C(c1c(F)cccc1C(F)(F)F)N1CCN(c2nccc(-c3ccc(N4CCOCC4)cc3)n2)CC1. The first-order valence-electron chi connectivity index (χ1n) is 12.0. The lowest BCUT2D eigenvalue weighted by atomic mass is 10.0. The van der Waals surface area contributed by atoms with Crippen LogP contribution in [0.5, 0.6) is 0 Å². The van der Waals surface area contributed by atoms with E-state index in [4.69, 9.17) is 4.74 Å². The number of nitrogens with zero attached hydrogens (tertiary/aromatic N) is 5. The predicted molar refractivity (Wildman–Crippen MR) is 130 cm³/mol. The molecule has 0 saturated carbocycles. The first kappa shape index (κ1) is 24.9. The first-order chi connectivity index (χ1) is 17.8. The number of anilines is 2. The monoisotopic (exact) mass is 515 g/mol. The van der Waals surface area contributed by atoms with E-state index >= 15 is 0 Å². The van der Waals surface area contributed by atoms with Crippen molar-refractivity contribution in [2.24, 2.45) is 0 Å². The van der Waals surface area contributed by atoms with Crippen molar-refractivity contribution >= 4 is 17.5 Å². The second-order valence-electron chi connectivity index (χ2n) is 8.83. The Bertz CT molecular complexity index is 1250. The van der Waals surface area contributed by atoms with Crippen LogP contribution in [-0.4, -0.2) is 73.3 Å². The number of amides is 1. The van der Waals surface area contributed by atoms with Crippen LogP contribution in [0.25, 0.3) is 11.3 Å². The van der Waals surface area contributed by atoms with Crippen molar-refractivity contribution in [3.05, 3.63) is 71.7 Å². The molecule has 2 aliphatic rings. The van der Waals surface area contributed by atoms with Gasteiger partial charge in [-0.25, -0.2) is 14.4 Å². The third kappa shape index (κ3) is 5.36. The molecule has 0 unspecified atom stereocenters. The highest BCUT2D eigenvalue weighted by Crippen LogP contribution is 2.34. The lowest BCUT2D eigenvalue weighted by Gasteiger charge is -2.35. The van der Waals surface area contributed by atoms with E-state index in [1.54, 1.807) is 6.20 Å². The van der Waals surface area contributed by atoms with Crippen molar-refractivity contribution in [1.82, 2.24) is 14.9 Å². The van der Waals surface area contributed by atoms with Gasteiger partial charge in [-0.15, -0.1) is 0 Å².